The normalized spacial score (nSPS) is 10.2. The number of amides is 1. The molecule has 0 fully saturated rings. The summed E-state index contributed by atoms with van der Waals surface area (Å²) >= 11 is 0.964. The number of carboxylic acids is 1. The summed E-state index contributed by atoms with van der Waals surface area (Å²) in [6.45, 7) is 3.97. The third-order valence-electron chi connectivity index (χ3n) is 2.81. The van der Waals surface area contributed by atoms with Crippen LogP contribution >= 0.6 is 11.3 Å². The molecule has 19 heavy (non-hydrogen) atoms. The van der Waals surface area contributed by atoms with Gasteiger partial charge in [-0.05, 0) is 49.2 Å². The Morgan fingerprint density at radius 1 is 1.05 bits per heavy atom. The van der Waals surface area contributed by atoms with Crippen LogP contribution in [0.4, 0.5) is 5.69 Å². The molecule has 0 spiro atoms. The number of rotatable bonds is 3. The molecule has 0 atom stereocenters. The highest BCUT2D eigenvalue weighted by molar-refractivity contribution is 7.15. The van der Waals surface area contributed by atoms with Crippen LogP contribution in [0.1, 0.15) is 30.5 Å². The minimum absolute atomic E-state index is 0.158. The number of aryl methyl sites for hydroxylation is 2. The molecule has 0 aliphatic rings. The van der Waals surface area contributed by atoms with E-state index in [1.54, 1.807) is 0 Å². The van der Waals surface area contributed by atoms with E-state index in [0.29, 0.717) is 10.6 Å². The van der Waals surface area contributed by atoms with Crippen molar-refractivity contribution in [1.29, 1.82) is 0 Å². The second-order valence-electron chi connectivity index (χ2n) is 4.22. The fourth-order valence-electron chi connectivity index (χ4n) is 1.59. The number of aromatic carboxylic acids is 1. The van der Waals surface area contributed by atoms with Gasteiger partial charge in [0.25, 0.3) is 5.91 Å². The first-order valence-electron chi connectivity index (χ1n) is 5.69. The highest BCUT2D eigenvalue weighted by Crippen LogP contribution is 2.19. The SMILES string of the molecule is Cc1ccc(NC(=O)c2ccc(C(=O)O)s2)cc1C. The van der Waals surface area contributed by atoms with Gasteiger partial charge in [0.15, 0.2) is 0 Å². The van der Waals surface area contributed by atoms with Crippen molar-refractivity contribution in [2.45, 2.75) is 13.8 Å². The van der Waals surface area contributed by atoms with Crippen molar-refractivity contribution in [2.75, 3.05) is 5.32 Å². The summed E-state index contributed by atoms with van der Waals surface area (Å²) in [5, 5.41) is 11.6. The number of hydrogen-bond acceptors (Lipinski definition) is 3. The van der Waals surface area contributed by atoms with E-state index in [2.05, 4.69) is 5.32 Å². The highest BCUT2D eigenvalue weighted by atomic mass is 32.1. The minimum atomic E-state index is -1.02. The molecule has 1 aromatic carbocycles. The molecule has 0 aliphatic heterocycles. The van der Waals surface area contributed by atoms with Gasteiger partial charge < -0.3 is 10.4 Å². The molecule has 1 heterocycles. The van der Waals surface area contributed by atoms with E-state index >= 15 is 0 Å². The number of carboxylic acid groups (broad SMARTS) is 1. The van der Waals surface area contributed by atoms with Crippen molar-refractivity contribution >= 4 is 28.9 Å². The maximum atomic E-state index is 12.0. The standard InChI is InChI=1S/C14H13NO3S/c1-8-3-4-10(7-9(8)2)15-13(16)11-5-6-12(19-11)14(17)18/h3-7H,1-2H3,(H,15,16)(H,17,18). The molecule has 0 saturated carbocycles. The van der Waals surface area contributed by atoms with E-state index in [1.165, 1.54) is 12.1 Å². The number of nitrogens with one attached hydrogen (secondary N) is 1. The predicted molar refractivity (Wildman–Crippen MR) is 75.1 cm³/mol. The van der Waals surface area contributed by atoms with E-state index in [-0.39, 0.29) is 10.8 Å². The summed E-state index contributed by atoms with van der Waals surface area (Å²) < 4.78 is 0. The molecular formula is C14H13NO3S. The number of carbonyl (C=O) groups excluding carboxylic acids is 1. The third-order valence-corrected chi connectivity index (χ3v) is 3.88. The molecule has 2 N–H and O–H groups in total. The van der Waals surface area contributed by atoms with E-state index in [1.807, 2.05) is 32.0 Å². The van der Waals surface area contributed by atoms with Crippen LogP contribution in [0.2, 0.25) is 0 Å². The lowest BCUT2D eigenvalue weighted by molar-refractivity contribution is 0.0702. The first-order chi connectivity index (χ1) is 8.97. The fourth-order valence-corrected chi connectivity index (χ4v) is 2.33. The molecule has 0 bridgehead atoms. The molecule has 2 aromatic rings. The van der Waals surface area contributed by atoms with Crippen molar-refractivity contribution in [1.82, 2.24) is 0 Å². The van der Waals surface area contributed by atoms with Gasteiger partial charge in [-0.2, -0.15) is 0 Å². The Bertz CT molecular complexity index is 646. The van der Waals surface area contributed by atoms with Crippen molar-refractivity contribution in [3.63, 3.8) is 0 Å². The lowest BCUT2D eigenvalue weighted by Crippen LogP contribution is -2.10. The van der Waals surface area contributed by atoms with Gasteiger partial charge in [-0.3, -0.25) is 4.79 Å². The Hall–Kier alpha value is -2.14. The quantitative estimate of drug-likeness (QED) is 0.903. The number of benzene rings is 1. The molecule has 0 saturated heterocycles. The van der Waals surface area contributed by atoms with Crippen LogP contribution in [0.3, 0.4) is 0 Å². The molecular weight excluding hydrogens is 262 g/mol. The summed E-state index contributed by atoms with van der Waals surface area (Å²) in [6, 6.07) is 8.60. The van der Waals surface area contributed by atoms with Crippen LogP contribution in [0, 0.1) is 13.8 Å². The van der Waals surface area contributed by atoms with Crippen LogP contribution < -0.4 is 5.32 Å². The monoisotopic (exact) mass is 275 g/mol. The topological polar surface area (TPSA) is 66.4 Å². The third kappa shape index (κ3) is 3.00. The second-order valence-corrected chi connectivity index (χ2v) is 5.31. The van der Waals surface area contributed by atoms with Crippen molar-refractivity contribution < 1.29 is 14.7 Å². The molecule has 0 aliphatic carbocycles. The minimum Gasteiger partial charge on any atom is -0.477 e. The van der Waals surface area contributed by atoms with E-state index in [9.17, 15) is 9.59 Å². The fraction of sp³-hybridized carbons (Fsp3) is 0.143. The molecule has 1 aromatic heterocycles. The first kappa shape index (κ1) is 13.3. The van der Waals surface area contributed by atoms with Gasteiger partial charge >= 0.3 is 5.97 Å². The maximum Gasteiger partial charge on any atom is 0.345 e. The van der Waals surface area contributed by atoms with Crippen LogP contribution in [0.25, 0.3) is 0 Å². The van der Waals surface area contributed by atoms with Crippen LogP contribution in [-0.4, -0.2) is 17.0 Å². The summed E-state index contributed by atoms with van der Waals surface area (Å²) in [5.41, 5.74) is 2.95. The van der Waals surface area contributed by atoms with Gasteiger partial charge in [0, 0.05) is 5.69 Å². The van der Waals surface area contributed by atoms with Crippen LogP contribution in [0.5, 0.6) is 0 Å². The zero-order valence-corrected chi connectivity index (χ0v) is 11.4. The molecule has 1 amide bonds. The summed E-state index contributed by atoms with van der Waals surface area (Å²) in [7, 11) is 0. The zero-order chi connectivity index (χ0) is 14.0. The molecule has 0 unspecified atom stereocenters. The zero-order valence-electron chi connectivity index (χ0n) is 10.6. The first-order valence-corrected chi connectivity index (χ1v) is 6.51. The predicted octanol–water partition coefficient (Wildman–Crippen LogP) is 3.32. The van der Waals surface area contributed by atoms with Crippen LogP contribution in [0.15, 0.2) is 30.3 Å². The van der Waals surface area contributed by atoms with Crippen molar-refractivity contribution in [3.05, 3.63) is 51.2 Å². The van der Waals surface area contributed by atoms with E-state index in [0.717, 1.165) is 22.5 Å². The highest BCUT2D eigenvalue weighted by Gasteiger charge is 2.13. The number of carbonyl (C=O) groups is 2. The Morgan fingerprint density at radius 2 is 1.74 bits per heavy atom. The summed E-state index contributed by atoms with van der Waals surface area (Å²) in [6.07, 6.45) is 0. The van der Waals surface area contributed by atoms with Gasteiger partial charge in [-0.25, -0.2) is 4.79 Å². The number of anilines is 1. The van der Waals surface area contributed by atoms with Gasteiger partial charge in [0.2, 0.25) is 0 Å². The Labute approximate surface area is 114 Å². The second kappa shape index (κ2) is 5.24. The summed E-state index contributed by atoms with van der Waals surface area (Å²) in [5.74, 6) is -1.31. The Morgan fingerprint density at radius 3 is 2.32 bits per heavy atom. The van der Waals surface area contributed by atoms with Crippen LogP contribution in [-0.2, 0) is 0 Å². The summed E-state index contributed by atoms with van der Waals surface area (Å²) in [4.78, 5) is 23.3. The number of hydrogen-bond donors (Lipinski definition) is 2. The average Bonchev–Trinajstić information content (AvgIpc) is 2.83. The lowest BCUT2D eigenvalue weighted by atomic mass is 10.1. The van der Waals surface area contributed by atoms with Gasteiger partial charge in [0.1, 0.15) is 4.88 Å². The van der Waals surface area contributed by atoms with Gasteiger partial charge in [0.05, 0.1) is 4.88 Å². The van der Waals surface area contributed by atoms with Crippen molar-refractivity contribution in [2.24, 2.45) is 0 Å². The van der Waals surface area contributed by atoms with Crippen molar-refractivity contribution in [3.8, 4) is 0 Å². The molecule has 98 valence electrons. The smallest absolute Gasteiger partial charge is 0.345 e. The van der Waals surface area contributed by atoms with E-state index in [4.69, 9.17) is 5.11 Å². The van der Waals surface area contributed by atoms with Gasteiger partial charge in [-0.15, -0.1) is 11.3 Å². The molecule has 5 heteroatoms. The Balaban J connectivity index is 2.15. The Kier molecular flexibility index (Phi) is 3.66. The van der Waals surface area contributed by atoms with E-state index < -0.39 is 5.97 Å². The van der Waals surface area contributed by atoms with Gasteiger partial charge in [-0.1, -0.05) is 6.07 Å². The molecule has 2 rings (SSSR count). The molecule has 0 radical (unpaired) electrons. The largest absolute Gasteiger partial charge is 0.477 e. The maximum absolute atomic E-state index is 12.0. The lowest BCUT2D eigenvalue weighted by Gasteiger charge is -2.06. The molecule has 4 nitrogen and oxygen atoms in total. The number of thiophene rings is 1. The average molecular weight is 275 g/mol.